The molecule has 0 spiro atoms. The highest BCUT2D eigenvalue weighted by molar-refractivity contribution is 6.01. The van der Waals surface area contributed by atoms with Gasteiger partial charge in [-0.15, -0.1) is 5.10 Å². The smallest absolute Gasteiger partial charge is 0.293 e. The van der Waals surface area contributed by atoms with Gasteiger partial charge in [-0.1, -0.05) is 48.5 Å². The summed E-state index contributed by atoms with van der Waals surface area (Å²) < 4.78 is 7.04. The van der Waals surface area contributed by atoms with Gasteiger partial charge in [0.2, 0.25) is 5.95 Å². The first-order valence-corrected chi connectivity index (χ1v) is 10.9. The molecule has 1 amide bonds. The maximum atomic E-state index is 12.4. The van der Waals surface area contributed by atoms with E-state index in [1.54, 1.807) is 12.1 Å². The first-order valence-electron chi connectivity index (χ1n) is 10.9. The molecule has 0 aliphatic carbocycles. The highest BCUT2D eigenvalue weighted by atomic mass is 16.3. The molecule has 3 heterocycles. The quantitative estimate of drug-likeness (QED) is 0.491. The van der Waals surface area contributed by atoms with Gasteiger partial charge in [0.05, 0.1) is 12.0 Å². The fourth-order valence-corrected chi connectivity index (χ4v) is 4.16. The van der Waals surface area contributed by atoms with Crippen LogP contribution in [-0.2, 0) is 6.54 Å². The molecule has 7 heteroatoms. The SMILES string of the molecule is O=C(Nc1nc(C2CCN(Cc3ccccc3)CC2)n(-c2ccccc2)n1)c1ccco1. The van der Waals surface area contributed by atoms with Crippen LogP contribution in [-0.4, -0.2) is 38.7 Å². The normalized spacial score (nSPS) is 15.0. The fourth-order valence-electron chi connectivity index (χ4n) is 4.16. The number of likely N-dealkylation sites (tertiary alicyclic amines) is 1. The minimum Gasteiger partial charge on any atom is -0.459 e. The van der Waals surface area contributed by atoms with Gasteiger partial charge in [-0.3, -0.25) is 15.0 Å². The number of carbonyl (C=O) groups is 1. The van der Waals surface area contributed by atoms with E-state index in [4.69, 9.17) is 9.40 Å². The largest absolute Gasteiger partial charge is 0.459 e. The zero-order valence-corrected chi connectivity index (χ0v) is 17.7. The summed E-state index contributed by atoms with van der Waals surface area (Å²) in [5, 5.41) is 7.38. The van der Waals surface area contributed by atoms with Gasteiger partial charge >= 0.3 is 0 Å². The molecule has 1 aliphatic heterocycles. The average molecular weight is 428 g/mol. The van der Waals surface area contributed by atoms with E-state index < -0.39 is 0 Å². The predicted molar refractivity (Wildman–Crippen MR) is 122 cm³/mol. The number of piperidine rings is 1. The second-order valence-electron chi connectivity index (χ2n) is 8.01. The Kier molecular flexibility index (Phi) is 5.81. The van der Waals surface area contributed by atoms with E-state index in [0.717, 1.165) is 44.0 Å². The van der Waals surface area contributed by atoms with Gasteiger partial charge in [-0.05, 0) is 55.8 Å². The molecule has 2 aromatic carbocycles. The molecule has 32 heavy (non-hydrogen) atoms. The van der Waals surface area contributed by atoms with Crippen molar-refractivity contribution in [1.29, 1.82) is 0 Å². The van der Waals surface area contributed by atoms with E-state index >= 15 is 0 Å². The molecule has 7 nitrogen and oxygen atoms in total. The average Bonchev–Trinajstić information content (AvgIpc) is 3.52. The van der Waals surface area contributed by atoms with Crippen LogP contribution in [0.15, 0.2) is 83.5 Å². The maximum absolute atomic E-state index is 12.4. The highest BCUT2D eigenvalue weighted by Gasteiger charge is 2.27. The first kappa shape index (κ1) is 20.2. The molecular formula is C25H25N5O2. The zero-order valence-electron chi connectivity index (χ0n) is 17.7. The monoisotopic (exact) mass is 427 g/mol. The van der Waals surface area contributed by atoms with Crippen LogP contribution in [0.1, 0.15) is 40.7 Å². The highest BCUT2D eigenvalue weighted by Crippen LogP contribution is 2.30. The molecular weight excluding hydrogens is 402 g/mol. The number of aromatic nitrogens is 3. The van der Waals surface area contributed by atoms with Crippen LogP contribution in [0.3, 0.4) is 0 Å². The lowest BCUT2D eigenvalue weighted by molar-refractivity contribution is 0.0996. The van der Waals surface area contributed by atoms with Crippen LogP contribution in [0, 0.1) is 0 Å². The lowest BCUT2D eigenvalue weighted by atomic mass is 9.95. The van der Waals surface area contributed by atoms with E-state index in [2.05, 4.69) is 39.6 Å². The third-order valence-electron chi connectivity index (χ3n) is 5.80. The summed E-state index contributed by atoms with van der Waals surface area (Å²) in [6, 6.07) is 23.8. The third-order valence-corrected chi connectivity index (χ3v) is 5.80. The van der Waals surface area contributed by atoms with E-state index in [0.29, 0.717) is 0 Å². The minimum absolute atomic E-state index is 0.233. The number of hydrogen-bond acceptors (Lipinski definition) is 5. The zero-order chi connectivity index (χ0) is 21.8. The molecule has 0 unspecified atom stereocenters. The number of amides is 1. The number of para-hydroxylation sites is 1. The van der Waals surface area contributed by atoms with Gasteiger partial charge in [0.15, 0.2) is 5.76 Å². The Morgan fingerprint density at radius 1 is 0.969 bits per heavy atom. The standard InChI is InChI=1S/C25H25N5O2/c31-24(22-12-7-17-32-22)27-25-26-23(30(28-25)21-10-5-2-6-11-21)20-13-15-29(16-14-20)18-19-8-3-1-4-9-19/h1-12,17,20H,13-16,18H2,(H,27,28,31). The number of nitrogens with one attached hydrogen (secondary N) is 1. The van der Waals surface area contributed by atoms with Crippen molar-refractivity contribution in [3.05, 3.63) is 96.2 Å². The summed E-state index contributed by atoms with van der Waals surface area (Å²) in [5.74, 6) is 1.31. The van der Waals surface area contributed by atoms with Crippen molar-refractivity contribution in [2.75, 3.05) is 18.4 Å². The van der Waals surface area contributed by atoms with E-state index in [-0.39, 0.29) is 23.5 Å². The summed E-state index contributed by atoms with van der Waals surface area (Å²) in [6.45, 7) is 2.95. The van der Waals surface area contributed by atoms with Crippen LogP contribution in [0.25, 0.3) is 5.69 Å². The number of carbonyl (C=O) groups excluding carboxylic acids is 1. The fraction of sp³-hybridized carbons (Fsp3) is 0.240. The predicted octanol–water partition coefficient (Wildman–Crippen LogP) is 4.49. The summed E-state index contributed by atoms with van der Waals surface area (Å²) in [4.78, 5) is 19.6. The number of furan rings is 1. The molecule has 5 rings (SSSR count). The van der Waals surface area contributed by atoms with Gasteiger partial charge in [0.1, 0.15) is 5.82 Å². The van der Waals surface area contributed by atoms with Gasteiger partial charge in [0.25, 0.3) is 5.91 Å². The molecule has 0 saturated carbocycles. The Morgan fingerprint density at radius 2 is 1.69 bits per heavy atom. The molecule has 0 atom stereocenters. The molecule has 2 aromatic heterocycles. The van der Waals surface area contributed by atoms with Crippen molar-refractivity contribution in [3.63, 3.8) is 0 Å². The lowest BCUT2D eigenvalue weighted by Crippen LogP contribution is -2.33. The Labute approximate surface area is 186 Å². The topological polar surface area (TPSA) is 76.2 Å². The maximum Gasteiger partial charge on any atom is 0.293 e. The van der Waals surface area contributed by atoms with Gasteiger partial charge in [-0.25, -0.2) is 4.68 Å². The Hall–Kier alpha value is -3.71. The first-order chi connectivity index (χ1) is 15.8. The molecule has 162 valence electrons. The van der Waals surface area contributed by atoms with E-state index in [1.807, 2.05) is 41.1 Å². The summed E-state index contributed by atoms with van der Waals surface area (Å²) >= 11 is 0. The van der Waals surface area contributed by atoms with E-state index in [9.17, 15) is 4.79 Å². The number of benzene rings is 2. The van der Waals surface area contributed by atoms with Crippen LogP contribution < -0.4 is 5.32 Å². The Bertz CT molecular complexity index is 1150. The molecule has 1 fully saturated rings. The van der Waals surface area contributed by atoms with Crippen molar-refractivity contribution in [3.8, 4) is 5.69 Å². The van der Waals surface area contributed by atoms with E-state index in [1.165, 1.54) is 11.8 Å². The number of rotatable bonds is 6. The lowest BCUT2D eigenvalue weighted by Gasteiger charge is -2.31. The van der Waals surface area contributed by atoms with Gasteiger partial charge in [-0.2, -0.15) is 4.98 Å². The number of anilines is 1. The second-order valence-corrected chi connectivity index (χ2v) is 8.01. The Balaban J connectivity index is 1.34. The molecule has 0 radical (unpaired) electrons. The second kappa shape index (κ2) is 9.20. The van der Waals surface area contributed by atoms with Crippen molar-refractivity contribution in [1.82, 2.24) is 19.7 Å². The molecule has 4 aromatic rings. The third kappa shape index (κ3) is 4.48. The summed E-state index contributed by atoms with van der Waals surface area (Å²) in [7, 11) is 0. The van der Waals surface area contributed by atoms with Crippen LogP contribution in [0.2, 0.25) is 0 Å². The molecule has 1 saturated heterocycles. The minimum atomic E-state index is -0.357. The van der Waals surface area contributed by atoms with Crippen molar-refractivity contribution < 1.29 is 9.21 Å². The van der Waals surface area contributed by atoms with Gasteiger partial charge in [0, 0.05) is 12.5 Å². The van der Waals surface area contributed by atoms with Gasteiger partial charge < -0.3 is 4.42 Å². The number of nitrogens with zero attached hydrogens (tertiary/aromatic N) is 4. The summed E-state index contributed by atoms with van der Waals surface area (Å²) in [6.07, 6.45) is 3.45. The summed E-state index contributed by atoms with van der Waals surface area (Å²) in [5.41, 5.74) is 2.27. The molecule has 1 N–H and O–H groups in total. The molecule has 0 bridgehead atoms. The Morgan fingerprint density at radius 3 is 2.38 bits per heavy atom. The van der Waals surface area contributed by atoms with Crippen LogP contribution >= 0.6 is 0 Å². The molecule has 1 aliphatic rings. The van der Waals surface area contributed by atoms with Crippen LogP contribution in [0.5, 0.6) is 0 Å². The van der Waals surface area contributed by atoms with Crippen molar-refractivity contribution in [2.24, 2.45) is 0 Å². The number of hydrogen-bond donors (Lipinski definition) is 1. The van der Waals surface area contributed by atoms with Crippen molar-refractivity contribution in [2.45, 2.75) is 25.3 Å². The van der Waals surface area contributed by atoms with Crippen molar-refractivity contribution >= 4 is 11.9 Å². The van der Waals surface area contributed by atoms with Crippen LogP contribution in [0.4, 0.5) is 5.95 Å².